The lowest BCUT2D eigenvalue weighted by Gasteiger charge is -2.05. The highest BCUT2D eigenvalue weighted by molar-refractivity contribution is 5.96. The summed E-state index contributed by atoms with van der Waals surface area (Å²) < 4.78 is 5.00. The van der Waals surface area contributed by atoms with Gasteiger partial charge in [-0.15, -0.1) is 0 Å². The van der Waals surface area contributed by atoms with Crippen molar-refractivity contribution in [2.75, 3.05) is 0 Å². The minimum Gasteiger partial charge on any atom is -0.427 e. The van der Waals surface area contributed by atoms with Gasteiger partial charge in [0.1, 0.15) is 5.75 Å². The van der Waals surface area contributed by atoms with Crippen molar-refractivity contribution >= 4 is 11.8 Å². The van der Waals surface area contributed by atoms with Crippen LogP contribution in [0.4, 0.5) is 0 Å². The second-order valence-corrected chi connectivity index (χ2v) is 4.87. The lowest BCUT2D eigenvalue weighted by molar-refractivity contribution is -0.131. The molecule has 21 heavy (non-hydrogen) atoms. The van der Waals surface area contributed by atoms with Crippen LogP contribution in [0.3, 0.4) is 0 Å². The van der Waals surface area contributed by atoms with Crippen LogP contribution in [0.25, 0.3) is 11.1 Å². The van der Waals surface area contributed by atoms with Crippen molar-refractivity contribution in [1.82, 2.24) is 0 Å². The van der Waals surface area contributed by atoms with Crippen LogP contribution in [0.1, 0.15) is 37.0 Å². The van der Waals surface area contributed by atoms with Crippen molar-refractivity contribution in [1.29, 1.82) is 0 Å². The summed E-state index contributed by atoms with van der Waals surface area (Å²) in [7, 11) is 0. The number of ether oxygens (including phenoxy) is 1. The van der Waals surface area contributed by atoms with Crippen LogP contribution in [-0.2, 0) is 4.79 Å². The minimum absolute atomic E-state index is 0.175. The van der Waals surface area contributed by atoms with Crippen molar-refractivity contribution in [2.45, 2.75) is 26.7 Å². The van der Waals surface area contributed by atoms with Crippen LogP contribution in [0, 0.1) is 0 Å². The van der Waals surface area contributed by atoms with Gasteiger partial charge in [0, 0.05) is 18.9 Å². The molecule has 0 saturated carbocycles. The Hall–Kier alpha value is -2.42. The first-order chi connectivity index (χ1) is 10.1. The standard InChI is InChI=1S/C18H18O3/c1-3-4-18(20)16-7-5-14(6-8-16)15-9-11-17(12-10-15)21-13(2)19/h5-12H,3-4H2,1-2H3. The molecule has 0 bridgehead atoms. The third kappa shape index (κ3) is 4.02. The van der Waals surface area contributed by atoms with E-state index in [4.69, 9.17) is 4.74 Å². The van der Waals surface area contributed by atoms with Gasteiger partial charge in [-0.1, -0.05) is 43.3 Å². The van der Waals surface area contributed by atoms with Crippen LogP contribution in [0.5, 0.6) is 5.75 Å². The zero-order valence-electron chi connectivity index (χ0n) is 12.3. The molecule has 0 saturated heterocycles. The normalized spacial score (nSPS) is 10.2. The first-order valence-corrected chi connectivity index (χ1v) is 7.02. The molecule has 0 N–H and O–H groups in total. The van der Waals surface area contributed by atoms with Gasteiger partial charge in [-0.3, -0.25) is 9.59 Å². The SMILES string of the molecule is CCCC(=O)c1ccc(-c2ccc(OC(C)=O)cc2)cc1. The average molecular weight is 282 g/mol. The Kier molecular flexibility index (Phi) is 4.88. The Bertz CT molecular complexity index is 625. The van der Waals surface area contributed by atoms with E-state index in [9.17, 15) is 9.59 Å². The van der Waals surface area contributed by atoms with Gasteiger partial charge in [0.25, 0.3) is 0 Å². The van der Waals surface area contributed by atoms with E-state index in [1.807, 2.05) is 43.3 Å². The van der Waals surface area contributed by atoms with E-state index >= 15 is 0 Å². The van der Waals surface area contributed by atoms with E-state index < -0.39 is 0 Å². The molecule has 0 atom stereocenters. The lowest BCUT2D eigenvalue weighted by atomic mass is 10.0. The molecule has 0 heterocycles. The molecule has 2 rings (SSSR count). The predicted octanol–water partition coefficient (Wildman–Crippen LogP) is 4.26. The maximum atomic E-state index is 11.8. The van der Waals surface area contributed by atoms with E-state index in [0.717, 1.165) is 23.1 Å². The van der Waals surface area contributed by atoms with Crippen LogP contribution in [0.15, 0.2) is 48.5 Å². The molecule has 0 amide bonds. The smallest absolute Gasteiger partial charge is 0.308 e. The van der Waals surface area contributed by atoms with Gasteiger partial charge in [-0.25, -0.2) is 0 Å². The molecule has 0 aliphatic heterocycles. The largest absolute Gasteiger partial charge is 0.427 e. The highest BCUT2D eigenvalue weighted by Crippen LogP contribution is 2.23. The number of ketones is 1. The Morgan fingerprint density at radius 1 is 0.905 bits per heavy atom. The number of esters is 1. The molecule has 3 nitrogen and oxygen atoms in total. The number of benzene rings is 2. The van der Waals surface area contributed by atoms with Gasteiger partial charge < -0.3 is 4.74 Å². The van der Waals surface area contributed by atoms with Gasteiger partial charge in [-0.2, -0.15) is 0 Å². The predicted molar refractivity (Wildman–Crippen MR) is 82.4 cm³/mol. The van der Waals surface area contributed by atoms with E-state index in [-0.39, 0.29) is 11.8 Å². The number of hydrogen-bond acceptors (Lipinski definition) is 3. The number of carbonyl (C=O) groups is 2. The summed E-state index contributed by atoms with van der Waals surface area (Å²) >= 11 is 0. The van der Waals surface area contributed by atoms with Crippen molar-refractivity contribution in [3.63, 3.8) is 0 Å². The second-order valence-electron chi connectivity index (χ2n) is 4.87. The van der Waals surface area contributed by atoms with Crippen LogP contribution >= 0.6 is 0 Å². The fourth-order valence-electron chi connectivity index (χ4n) is 2.10. The number of carbonyl (C=O) groups excluding carboxylic acids is 2. The maximum Gasteiger partial charge on any atom is 0.308 e. The Balaban J connectivity index is 2.15. The van der Waals surface area contributed by atoms with Crippen LogP contribution in [0.2, 0.25) is 0 Å². The average Bonchev–Trinajstić information content (AvgIpc) is 2.48. The quantitative estimate of drug-likeness (QED) is 0.467. The van der Waals surface area contributed by atoms with Crippen molar-refractivity contribution in [3.8, 4) is 16.9 Å². The van der Waals surface area contributed by atoms with Gasteiger partial charge in [-0.05, 0) is 29.7 Å². The summed E-state index contributed by atoms with van der Waals surface area (Å²) in [5.74, 6) is 0.372. The lowest BCUT2D eigenvalue weighted by Crippen LogP contribution is -2.00. The van der Waals surface area contributed by atoms with Crippen molar-refractivity contribution in [3.05, 3.63) is 54.1 Å². The topological polar surface area (TPSA) is 43.4 Å². The Morgan fingerprint density at radius 3 is 1.90 bits per heavy atom. The molecular weight excluding hydrogens is 264 g/mol. The maximum absolute atomic E-state index is 11.8. The Labute approximate surface area is 124 Å². The minimum atomic E-state index is -0.332. The highest BCUT2D eigenvalue weighted by Gasteiger charge is 2.05. The van der Waals surface area contributed by atoms with E-state index in [1.54, 1.807) is 12.1 Å². The molecule has 0 aromatic heterocycles. The summed E-state index contributed by atoms with van der Waals surface area (Å²) in [5.41, 5.74) is 2.79. The molecule has 3 heteroatoms. The first kappa shape index (κ1) is 15.0. The third-order valence-corrected chi connectivity index (χ3v) is 3.13. The van der Waals surface area contributed by atoms with Crippen molar-refractivity contribution in [2.24, 2.45) is 0 Å². The molecule has 0 aliphatic carbocycles. The van der Waals surface area contributed by atoms with E-state index in [1.165, 1.54) is 6.92 Å². The molecule has 0 aliphatic rings. The molecule has 0 radical (unpaired) electrons. The summed E-state index contributed by atoms with van der Waals surface area (Å²) in [6, 6.07) is 14.9. The summed E-state index contributed by atoms with van der Waals surface area (Å²) in [4.78, 5) is 22.7. The molecule has 0 fully saturated rings. The first-order valence-electron chi connectivity index (χ1n) is 7.02. The fraction of sp³-hybridized carbons (Fsp3) is 0.222. The fourth-order valence-corrected chi connectivity index (χ4v) is 2.10. The molecule has 2 aromatic carbocycles. The monoisotopic (exact) mass is 282 g/mol. The molecule has 2 aromatic rings. The zero-order chi connectivity index (χ0) is 15.2. The molecule has 108 valence electrons. The summed E-state index contributed by atoms with van der Waals surface area (Å²) in [6.45, 7) is 3.37. The van der Waals surface area contributed by atoms with Gasteiger partial charge in [0.15, 0.2) is 5.78 Å². The van der Waals surface area contributed by atoms with Crippen LogP contribution in [-0.4, -0.2) is 11.8 Å². The van der Waals surface area contributed by atoms with Gasteiger partial charge in [0.2, 0.25) is 0 Å². The van der Waals surface area contributed by atoms with E-state index in [2.05, 4.69) is 0 Å². The third-order valence-electron chi connectivity index (χ3n) is 3.13. The van der Waals surface area contributed by atoms with Crippen molar-refractivity contribution < 1.29 is 14.3 Å². The van der Waals surface area contributed by atoms with Gasteiger partial charge >= 0.3 is 5.97 Å². The number of hydrogen-bond donors (Lipinski definition) is 0. The molecular formula is C18H18O3. The van der Waals surface area contributed by atoms with Gasteiger partial charge in [0.05, 0.1) is 0 Å². The molecule has 0 spiro atoms. The van der Waals surface area contributed by atoms with Crippen LogP contribution < -0.4 is 4.74 Å². The summed E-state index contributed by atoms with van der Waals surface area (Å²) in [5, 5.41) is 0. The second kappa shape index (κ2) is 6.84. The zero-order valence-corrected chi connectivity index (χ0v) is 12.3. The number of Topliss-reactive ketones (excluding diaryl/α,β-unsaturated/α-hetero) is 1. The molecule has 0 unspecified atom stereocenters. The Morgan fingerprint density at radius 2 is 1.43 bits per heavy atom. The highest BCUT2D eigenvalue weighted by atomic mass is 16.5. The number of rotatable bonds is 5. The summed E-state index contributed by atoms with van der Waals surface area (Å²) in [6.07, 6.45) is 1.44. The van der Waals surface area contributed by atoms with E-state index in [0.29, 0.717) is 12.2 Å².